The molecule has 2 heterocycles. The van der Waals surface area contributed by atoms with Gasteiger partial charge >= 0.3 is 0 Å². The molecule has 1 aromatic carbocycles. The molecule has 3 rings (SSSR count). The summed E-state index contributed by atoms with van der Waals surface area (Å²) in [6, 6.07) is 12.7. The van der Waals surface area contributed by atoms with Crippen molar-refractivity contribution in [1.82, 2.24) is 15.3 Å². The van der Waals surface area contributed by atoms with Crippen LogP contribution in [0.5, 0.6) is 0 Å². The van der Waals surface area contributed by atoms with Crippen molar-refractivity contribution in [2.24, 2.45) is 0 Å². The number of hydrogen-bond acceptors (Lipinski definition) is 3. The molecule has 5 heteroatoms. The molecule has 1 amide bonds. The number of hydrogen-bond donors (Lipinski definition) is 1. The van der Waals surface area contributed by atoms with Gasteiger partial charge in [-0.05, 0) is 60.4 Å². The van der Waals surface area contributed by atoms with Crippen LogP contribution in [0.4, 0.5) is 4.39 Å². The summed E-state index contributed by atoms with van der Waals surface area (Å²) in [5.41, 5.74) is 4.15. The van der Waals surface area contributed by atoms with Gasteiger partial charge in [0.25, 0.3) is 0 Å². The van der Waals surface area contributed by atoms with Crippen molar-refractivity contribution < 1.29 is 9.18 Å². The Kier molecular flexibility index (Phi) is 5.69. The summed E-state index contributed by atoms with van der Waals surface area (Å²) in [7, 11) is 0. The molecule has 0 bridgehead atoms. The van der Waals surface area contributed by atoms with E-state index in [1.54, 1.807) is 31.6 Å². The smallest absolute Gasteiger partial charge is 0.220 e. The average Bonchev–Trinajstić information content (AvgIpc) is 2.68. The largest absolute Gasteiger partial charge is 0.352 e. The molecule has 3 aromatic rings. The lowest BCUT2D eigenvalue weighted by molar-refractivity contribution is -0.121. The van der Waals surface area contributed by atoms with E-state index in [1.165, 1.54) is 6.07 Å². The van der Waals surface area contributed by atoms with E-state index in [9.17, 15) is 9.18 Å². The fourth-order valence-corrected chi connectivity index (χ4v) is 2.60. The van der Waals surface area contributed by atoms with Crippen LogP contribution in [-0.2, 0) is 17.8 Å². The quantitative estimate of drug-likeness (QED) is 0.736. The molecular weight excluding hydrogens is 329 g/mol. The number of rotatable bonds is 6. The minimum absolute atomic E-state index is 0.0641. The lowest BCUT2D eigenvalue weighted by Crippen LogP contribution is -2.23. The SMILES string of the molecule is Cc1ccc(CCC(=O)NCc2ccnc(-c3cccnc3)c2)cc1F. The summed E-state index contributed by atoms with van der Waals surface area (Å²) in [6.45, 7) is 2.15. The third kappa shape index (κ3) is 4.72. The number of aryl methyl sites for hydroxylation is 2. The van der Waals surface area contributed by atoms with Crippen molar-refractivity contribution in [2.45, 2.75) is 26.3 Å². The predicted molar refractivity (Wildman–Crippen MR) is 98.8 cm³/mol. The molecule has 0 atom stereocenters. The van der Waals surface area contributed by atoms with Crippen molar-refractivity contribution >= 4 is 5.91 Å². The monoisotopic (exact) mass is 349 g/mol. The zero-order valence-electron chi connectivity index (χ0n) is 14.6. The van der Waals surface area contributed by atoms with Crippen molar-refractivity contribution in [3.63, 3.8) is 0 Å². The van der Waals surface area contributed by atoms with Crippen LogP contribution in [0.25, 0.3) is 11.3 Å². The highest BCUT2D eigenvalue weighted by Crippen LogP contribution is 2.16. The molecule has 0 saturated carbocycles. The molecule has 0 aliphatic heterocycles. The first-order valence-corrected chi connectivity index (χ1v) is 8.49. The molecule has 0 aliphatic rings. The van der Waals surface area contributed by atoms with Crippen LogP contribution in [0.3, 0.4) is 0 Å². The van der Waals surface area contributed by atoms with E-state index in [1.807, 2.05) is 30.3 Å². The molecule has 2 aromatic heterocycles. The van der Waals surface area contributed by atoms with E-state index in [-0.39, 0.29) is 11.7 Å². The Hall–Kier alpha value is -3.08. The second kappa shape index (κ2) is 8.34. The maximum atomic E-state index is 13.5. The van der Waals surface area contributed by atoms with Crippen LogP contribution in [0.1, 0.15) is 23.1 Å². The highest BCUT2D eigenvalue weighted by atomic mass is 19.1. The first-order valence-electron chi connectivity index (χ1n) is 8.49. The topological polar surface area (TPSA) is 54.9 Å². The zero-order valence-corrected chi connectivity index (χ0v) is 14.6. The minimum Gasteiger partial charge on any atom is -0.352 e. The van der Waals surface area contributed by atoms with Gasteiger partial charge in [-0.2, -0.15) is 0 Å². The van der Waals surface area contributed by atoms with Crippen LogP contribution in [-0.4, -0.2) is 15.9 Å². The van der Waals surface area contributed by atoms with Crippen LogP contribution < -0.4 is 5.32 Å². The highest BCUT2D eigenvalue weighted by molar-refractivity contribution is 5.76. The van der Waals surface area contributed by atoms with Gasteiger partial charge in [0, 0.05) is 37.1 Å². The third-order valence-electron chi connectivity index (χ3n) is 4.15. The summed E-state index contributed by atoms with van der Waals surface area (Å²) in [5, 5.41) is 2.90. The molecule has 0 saturated heterocycles. The van der Waals surface area contributed by atoms with Crippen LogP contribution >= 0.6 is 0 Å². The summed E-state index contributed by atoms with van der Waals surface area (Å²) in [5.74, 6) is -0.298. The Labute approximate surface area is 152 Å². The number of nitrogens with zero attached hydrogens (tertiary/aromatic N) is 2. The van der Waals surface area contributed by atoms with Crippen molar-refractivity contribution in [2.75, 3.05) is 0 Å². The normalized spacial score (nSPS) is 10.5. The van der Waals surface area contributed by atoms with Gasteiger partial charge in [-0.25, -0.2) is 4.39 Å². The van der Waals surface area contributed by atoms with Crippen LogP contribution in [0.15, 0.2) is 61.1 Å². The van der Waals surface area contributed by atoms with Gasteiger partial charge in [0.2, 0.25) is 5.91 Å². The first kappa shape index (κ1) is 17.7. The molecule has 0 fully saturated rings. The first-order chi connectivity index (χ1) is 12.6. The van der Waals surface area contributed by atoms with E-state index >= 15 is 0 Å². The standard InChI is InChI=1S/C21H20FN3O/c1-15-4-5-16(11-19(15)22)6-7-21(26)25-13-17-8-10-24-20(12-17)18-3-2-9-23-14-18/h2-5,8-12,14H,6-7,13H2,1H3,(H,25,26). The van der Waals surface area contributed by atoms with Crippen molar-refractivity contribution in [1.29, 1.82) is 0 Å². The van der Waals surface area contributed by atoms with Gasteiger partial charge in [0.05, 0.1) is 5.69 Å². The molecule has 0 radical (unpaired) electrons. The van der Waals surface area contributed by atoms with E-state index in [4.69, 9.17) is 0 Å². The van der Waals surface area contributed by atoms with Gasteiger partial charge in [0.15, 0.2) is 0 Å². The lowest BCUT2D eigenvalue weighted by atomic mass is 10.1. The Morgan fingerprint density at radius 2 is 2.00 bits per heavy atom. The van der Waals surface area contributed by atoms with E-state index in [0.717, 1.165) is 22.4 Å². The Morgan fingerprint density at radius 1 is 1.12 bits per heavy atom. The average molecular weight is 349 g/mol. The second-order valence-electron chi connectivity index (χ2n) is 6.15. The molecule has 0 unspecified atom stereocenters. The molecule has 4 nitrogen and oxygen atoms in total. The molecule has 26 heavy (non-hydrogen) atoms. The Morgan fingerprint density at radius 3 is 2.77 bits per heavy atom. The predicted octanol–water partition coefficient (Wildman–Crippen LogP) is 3.84. The van der Waals surface area contributed by atoms with E-state index in [0.29, 0.717) is 24.9 Å². The van der Waals surface area contributed by atoms with Crippen LogP contribution in [0, 0.1) is 12.7 Å². The fourth-order valence-electron chi connectivity index (χ4n) is 2.60. The number of carbonyl (C=O) groups is 1. The van der Waals surface area contributed by atoms with Gasteiger partial charge in [-0.15, -0.1) is 0 Å². The number of pyridine rings is 2. The number of nitrogens with one attached hydrogen (secondary N) is 1. The zero-order chi connectivity index (χ0) is 18.4. The minimum atomic E-state index is -0.234. The fraction of sp³-hybridized carbons (Fsp3) is 0.190. The summed E-state index contributed by atoms with van der Waals surface area (Å²) in [4.78, 5) is 20.5. The van der Waals surface area contributed by atoms with E-state index in [2.05, 4.69) is 15.3 Å². The Bertz CT molecular complexity index is 897. The molecule has 1 N–H and O–H groups in total. The third-order valence-corrected chi connectivity index (χ3v) is 4.15. The molecular formula is C21H20FN3O. The maximum Gasteiger partial charge on any atom is 0.220 e. The van der Waals surface area contributed by atoms with Gasteiger partial charge in [-0.3, -0.25) is 14.8 Å². The van der Waals surface area contributed by atoms with Gasteiger partial charge in [0.1, 0.15) is 5.82 Å². The number of carbonyl (C=O) groups excluding carboxylic acids is 1. The van der Waals surface area contributed by atoms with Crippen LogP contribution in [0.2, 0.25) is 0 Å². The summed E-state index contributed by atoms with van der Waals surface area (Å²) in [6.07, 6.45) is 6.03. The number of aromatic nitrogens is 2. The Balaban J connectivity index is 1.54. The number of halogens is 1. The number of amides is 1. The second-order valence-corrected chi connectivity index (χ2v) is 6.15. The van der Waals surface area contributed by atoms with E-state index < -0.39 is 0 Å². The van der Waals surface area contributed by atoms with Gasteiger partial charge in [-0.1, -0.05) is 12.1 Å². The number of benzene rings is 1. The summed E-state index contributed by atoms with van der Waals surface area (Å²) >= 11 is 0. The van der Waals surface area contributed by atoms with Gasteiger partial charge < -0.3 is 5.32 Å². The highest BCUT2D eigenvalue weighted by Gasteiger charge is 2.06. The molecule has 0 aliphatic carbocycles. The molecule has 132 valence electrons. The maximum absolute atomic E-state index is 13.5. The molecule has 0 spiro atoms. The van der Waals surface area contributed by atoms with Crippen molar-refractivity contribution in [3.8, 4) is 11.3 Å². The summed E-state index contributed by atoms with van der Waals surface area (Å²) < 4.78 is 13.5. The van der Waals surface area contributed by atoms with Crippen molar-refractivity contribution in [3.05, 3.63) is 83.6 Å². The lowest BCUT2D eigenvalue weighted by Gasteiger charge is -2.08.